The normalized spacial score (nSPS) is 23.0. The standard InChI is InChI=1S/C17H24ClNO/c1-13-4-3-5-16(12-13)19(2)11-10-17(20)14-6-8-15(18)9-7-14/h6-9,13,16H,3-5,10-12H2,1-2H3. The monoisotopic (exact) mass is 293 g/mol. The lowest BCUT2D eigenvalue weighted by Gasteiger charge is -2.34. The van der Waals surface area contributed by atoms with Gasteiger partial charge in [0.1, 0.15) is 0 Å². The fourth-order valence-electron chi connectivity index (χ4n) is 3.04. The highest BCUT2D eigenvalue weighted by Crippen LogP contribution is 2.26. The molecule has 0 aliphatic heterocycles. The van der Waals surface area contributed by atoms with Gasteiger partial charge < -0.3 is 4.90 Å². The number of rotatable bonds is 5. The molecule has 1 aromatic carbocycles. The molecule has 0 radical (unpaired) electrons. The predicted molar refractivity (Wildman–Crippen MR) is 84.4 cm³/mol. The van der Waals surface area contributed by atoms with Crippen molar-refractivity contribution in [2.75, 3.05) is 13.6 Å². The van der Waals surface area contributed by atoms with Crippen molar-refractivity contribution in [3.8, 4) is 0 Å². The number of Topliss-reactive ketones (excluding diaryl/α,β-unsaturated/α-hetero) is 1. The van der Waals surface area contributed by atoms with Gasteiger partial charge in [-0.3, -0.25) is 4.79 Å². The van der Waals surface area contributed by atoms with Crippen LogP contribution in [0.1, 0.15) is 49.4 Å². The number of hydrogen-bond acceptors (Lipinski definition) is 2. The molecule has 2 unspecified atom stereocenters. The summed E-state index contributed by atoms with van der Waals surface area (Å²) in [4.78, 5) is 14.5. The zero-order valence-electron chi connectivity index (χ0n) is 12.4. The third-order valence-corrected chi connectivity index (χ3v) is 4.64. The second-order valence-electron chi connectivity index (χ2n) is 6.09. The third kappa shape index (κ3) is 4.32. The van der Waals surface area contributed by atoms with Crippen molar-refractivity contribution < 1.29 is 4.79 Å². The Morgan fingerprint density at radius 3 is 2.65 bits per heavy atom. The first-order valence-electron chi connectivity index (χ1n) is 7.55. The quantitative estimate of drug-likeness (QED) is 0.749. The van der Waals surface area contributed by atoms with Gasteiger partial charge in [0.2, 0.25) is 0 Å². The Morgan fingerprint density at radius 2 is 2.00 bits per heavy atom. The molecule has 1 aliphatic carbocycles. The fraction of sp³-hybridized carbons (Fsp3) is 0.588. The molecule has 1 aromatic rings. The molecule has 0 heterocycles. The Kier molecular flexibility index (Phi) is 5.62. The van der Waals surface area contributed by atoms with E-state index in [-0.39, 0.29) is 5.78 Å². The Labute approximate surface area is 127 Å². The number of halogens is 1. The van der Waals surface area contributed by atoms with Crippen LogP contribution in [0.15, 0.2) is 24.3 Å². The summed E-state index contributed by atoms with van der Waals surface area (Å²) in [7, 11) is 2.15. The predicted octanol–water partition coefficient (Wildman–Crippen LogP) is 4.42. The van der Waals surface area contributed by atoms with E-state index in [4.69, 9.17) is 11.6 Å². The average Bonchev–Trinajstić information content (AvgIpc) is 2.45. The zero-order valence-corrected chi connectivity index (χ0v) is 13.2. The lowest BCUT2D eigenvalue weighted by molar-refractivity contribution is 0.0945. The summed E-state index contributed by atoms with van der Waals surface area (Å²) in [5.41, 5.74) is 0.764. The van der Waals surface area contributed by atoms with Gasteiger partial charge in [0.25, 0.3) is 0 Å². The molecule has 1 saturated carbocycles. The molecule has 0 bridgehead atoms. The van der Waals surface area contributed by atoms with Gasteiger partial charge in [0, 0.05) is 29.6 Å². The third-order valence-electron chi connectivity index (χ3n) is 4.39. The van der Waals surface area contributed by atoms with Crippen LogP contribution in [0.25, 0.3) is 0 Å². The average molecular weight is 294 g/mol. The Morgan fingerprint density at radius 1 is 1.30 bits per heavy atom. The van der Waals surface area contributed by atoms with E-state index in [0.717, 1.165) is 18.0 Å². The first-order valence-corrected chi connectivity index (χ1v) is 7.93. The van der Waals surface area contributed by atoms with Crippen LogP contribution in [0.3, 0.4) is 0 Å². The molecule has 3 heteroatoms. The van der Waals surface area contributed by atoms with Crippen LogP contribution in [-0.2, 0) is 0 Å². The highest BCUT2D eigenvalue weighted by molar-refractivity contribution is 6.30. The van der Waals surface area contributed by atoms with Gasteiger partial charge in [-0.15, -0.1) is 0 Å². The molecule has 0 N–H and O–H groups in total. The SMILES string of the molecule is CC1CCCC(N(C)CCC(=O)c2ccc(Cl)cc2)C1. The summed E-state index contributed by atoms with van der Waals surface area (Å²) in [6, 6.07) is 7.83. The van der Waals surface area contributed by atoms with Crippen LogP contribution in [0.2, 0.25) is 5.02 Å². The molecule has 20 heavy (non-hydrogen) atoms. The van der Waals surface area contributed by atoms with Gasteiger partial charge in [-0.1, -0.05) is 31.4 Å². The summed E-state index contributed by atoms with van der Waals surface area (Å²) in [6.07, 6.45) is 5.81. The Balaban J connectivity index is 1.82. The van der Waals surface area contributed by atoms with Crippen LogP contribution in [0.5, 0.6) is 0 Å². The van der Waals surface area contributed by atoms with Crippen LogP contribution in [0, 0.1) is 5.92 Å². The van der Waals surface area contributed by atoms with E-state index < -0.39 is 0 Å². The van der Waals surface area contributed by atoms with Crippen LogP contribution >= 0.6 is 11.6 Å². The number of nitrogens with zero attached hydrogens (tertiary/aromatic N) is 1. The van der Waals surface area contributed by atoms with E-state index >= 15 is 0 Å². The lowest BCUT2D eigenvalue weighted by Crippen LogP contribution is -2.36. The second kappa shape index (κ2) is 7.24. The highest BCUT2D eigenvalue weighted by atomic mass is 35.5. The highest BCUT2D eigenvalue weighted by Gasteiger charge is 2.22. The molecule has 110 valence electrons. The summed E-state index contributed by atoms with van der Waals surface area (Å²) in [5, 5.41) is 0.676. The van der Waals surface area contributed by atoms with Crippen molar-refractivity contribution >= 4 is 17.4 Å². The number of hydrogen-bond donors (Lipinski definition) is 0. The molecule has 1 fully saturated rings. The molecule has 2 atom stereocenters. The Bertz CT molecular complexity index is 443. The van der Waals surface area contributed by atoms with Crippen LogP contribution in [0.4, 0.5) is 0 Å². The zero-order chi connectivity index (χ0) is 14.5. The van der Waals surface area contributed by atoms with Gasteiger partial charge in [0.05, 0.1) is 0 Å². The molecule has 0 saturated heterocycles. The summed E-state index contributed by atoms with van der Waals surface area (Å²) >= 11 is 5.84. The molecule has 0 amide bonds. The summed E-state index contributed by atoms with van der Waals surface area (Å²) in [6.45, 7) is 3.18. The van der Waals surface area contributed by atoms with Crippen molar-refractivity contribution in [3.63, 3.8) is 0 Å². The smallest absolute Gasteiger partial charge is 0.164 e. The first kappa shape index (κ1) is 15.5. The van der Waals surface area contributed by atoms with Crippen molar-refractivity contribution in [2.24, 2.45) is 5.92 Å². The van der Waals surface area contributed by atoms with E-state index in [1.54, 1.807) is 12.1 Å². The van der Waals surface area contributed by atoms with E-state index in [1.165, 1.54) is 25.7 Å². The molecule has 2 nitrogen and oxygen atoms in total. The number of carbonyl (C=O) groups is 1. The van der Waals surface area contributed by atoms with E-state index in [2.05, 4.69) is 18.9 Å². The molecule has 0 aromatic heterocycles. The molecule has 0 spiro atoms. The van der Waals surface area contributed by atoms with Crippen molar-refractivity contribution in [3.05, 3.63) is 34.9 Å². The maximum absolute atomic E-state index is 12.1. The maximum Gasteiger partial charge on any atom is 0.164 e. The van der Waals surface area contributed by atoms with E-state index in [1.807, 2.05) is 12.1 Å². The van der Waals surface area contributed by atoms with Gasteiger partial charge >= 0.3 is 0 Å². The van der Waals surface area contributed by atoms with Crippen molar-refractivity contribution in [1.29, 1.82) is 0 Å². The summed E-state index contributed by atoms with van der Waals surface area (Å²) in [5.74, 6) is 1.03. The molecular weight excluding hydrogens is 270 g/mol. The summed E-state index contributed by atoms with van der Waals surface area (Å²) < 4.78 is 0. The fourth-order valence-corrected chi connectivity index (χ4v) is 3.17. The topological polar surface area (TPSA) is 20.3 Å². The van der Waals surface area contributed by atoms with Crippen LogP contribution < -0.4 is 0 Å². The van der Waals surface area contributed by atoms with Crippen molar-refractivity contribution in [2.45, 2.75) is 45.1 Å². The van der Waals surface area contributed by atoms with Gasteiger partial charge in [-0.25, -0.2) is 0 Å². The first-order chi connectivity index (χ1) is 9.56. The number of ketones is 1. The Hall–Kier alpha value is -0.860. The minimum absolute atomic E-state index is 0.206. The largest absolute Gasteiger partial charge is 0.303 e. The van der Waals surface area contributed by atoms with Crippen LogP contribution in [-0.4, -0.2) is 30.3 Å². The number of benzene rings is 1. The van der Waals surface area contributed by atoms with E-state index in [9.17, 15) is 4.79 Å². The van der Waals surface area contributed by atoms with Gasteiger partial charge in [0.15, 0.2) is 5.78 Å². The molecule has 2 rings (SSSR count). The van der Waals surface area contributed by atoms with Gasteiger partial charge in [-0.2, -0.15) is 0 Å². The second-order valence-corrected chi connectivity index (χ2v) is 6.52. The van der Waals surface area contributed by atoms with E-state index in [0.29, 0.717) is 17.5 Å². The molecular formula is C17H24ClNO. The minimum Gasteiger partial charge on any atom is -0.303 e. The lowest BCUT2D eigenvalue weighted by atomic mass is 9.86. The molecule has 1 aliphatic rings. The number of carbonyl (C=O) groups excluding carboxylic acids is 1. The minimum atomic E-state index is 0.206. The van der Waals surface area contributed by atoms with Crippen molar-refractivity contribution in [1.82, 2.24) is 4.90 Å². The maximum atomic E-state index is 12.1. The van der Waals surface area contributed by atoms with Gasteiger partial charge in [-0.05, 0) is 50.1 Å².